The van der Waals surface area contributed by atoms with Gasteiger partial charge in [0.05, 0.1) is 12.5 Å². The Kier molecular flexibility index (Phi) is 6.09. The molecule has 0 amide bonds. The molecular formula is C9H15F5O. The highest BCUT2D eigenvalue weighted by molar-refractivity contribution is 4.66. The van der Waals surface area contributed by atoms with Gasteiger partial charge in [-0.3, -0.25) is 0 Å². The van der Waals surface area contributed by atoms with Gasteiger partial charge in [-0.15, -0.1) is 0 Å². The molecule has 0 heterocycles. The molecule has 15 heavy (non-hydrogen) atoms. The van der Waals surface area contributed by atoms with Gasteiger partial charge in [-0.05, 0) is 12.3 Å². The van der Waals surface area contributed by atoms with Crippen LogP contribution in [0.25, 0.3) is 0 Å². The number of hydrogen-bond donors (Lipinski definition) is 0. The Morgan fingerprint density at radius 3 is 2.00 bits per heavy atom. The Morgan fingerprint density at radius 1 is 1.13 bits per heavy atom. The zero-order chi connectivity index (χ0) is 12.1. The third-order valence-electron chi connectivity index (χ3n) is 1.65. The largest absolute Gasteiger partial charge is 0.391 e. The molecule has 1 nitrogen and oxygen atoms in total. The van der Waals surface area contributed by atoms with Gasteiger partial charge in [0, 0.05) is 0 Å². The van der Waals surface area contributed by atoms with E-state index in [2.05, 4.69) is 4.74 Å². The molecule has 0 aromatic rings. The van der Waals surface area contributed by atoms with Crippen LogP contribution in [-0.2, 0) is 4.74 Å². The molecule has 0 bridgehead atoms. The van der Waals surface area contributed by atoms with Gasteiger partial charge in [-0.1, -0.05) is 13.8 Å². The average molecular weight is 234 g/mol. The molecule has 0 N–H and O–H groups in total. The molecule has 1 atom stereocenters. The van der Waals surface area contributed by atoms with Gasteiger partial charge in [0.1, 0.15) is 6.61 Å². The summed E-state index contributed by atoms with van der Waals surface area (Å²) in [5, 5.41) is 0. The van der Waals surface area contributed by atoms with Crippen LogP contribution < -0.4 is 0 Å². The van der Waals surface area contributed by atoms with Crippen LogP contribution in [0.4, 0.5) is 22.0 Å². The molecular weight excluding hydrogens is 219 g/mol. The summed E-state index contributed by atoms with van der Waals surface area (Å²) in [7, 11) is 0. The number of halogens is 5. The highest BCUT2D eigenvalue weighted by Gasteiger charge is 2.33. The first kappa shape index (κ1) is 14.6. The molecule has 0 unspecified atom stereocenters. The van der Waals surface area contributed by atoms with Gasteiger partial charge >= 0.3 is 6.18 Å². The highest BCUT2D eigenvalue weighted by atomic mass is 19.4. The van der Waals surface area contributed by atoms with E-state index in [9.17, 15) is 22.0 Å². The van der Waals surface area contributed by atoms with Crippen LogP contribution in [0.2, 0.25) is 0 Å². The predicted octanol–water partition coefficient (Wildman–Crippen LogP) is 3.64. The SMILES string of the molecule is CC(C)C[C@@H](CC(F)(F)F)OCC(F)F. The Morgan fingerprint density at radius 2 is 1.67 bits per heavy atom. The summed E-state index contributed by atoms with van der Waals surface area (Å²) in [6.45, 7) is 2.50. The number of ether oxygens (including phenoxy) is 1. The summed E-state index contributed by atoms with van der Waals surface area (Å²) < 4.78 is 64.1. The zero-order valence-electron chi connectivity index (χ0n) is 8.65. The maximum absolute atomic E-state index is 12.0. The van der Waals surface area contributed by atoms with Crippen molar-refractivity contribution < 1.29 is 26.7 Å². The maximum atomic E-state index is 12.0. The van der Waals surface area contributed by atoms with Crippen LogP contribution in [0, 0.1) is 5.92 Å². The van der Waals surface area contributed by atoms with Crippen LogP contribution in [0.1, 0.15) is 26.7 Å². The molecule has 0 aromatic carbocycles. The summed E-state index contributed by atoms with van der Waals surface area (Å²) in [5.74, 6) is -0.0185. The summed E-state index contributed by atoms with van der Waals surface area (Å²) in [6, 6.07) is 0. The lowest BCUT2D eigenvalue weighted by atomic mass is 10.0. The van der Waals surface area contributed by atoms with Crippen LogP contribution in [0.3, 0.4) is 0 Å². The third kappa shape index (κ3) is 9.90. The van der Waals surface area contributed by atoms with Crippen molar-refractivity contribution in [1.82, 2.24) is 0 Å². The second kappa shape index (κ2) is 6.25. The van der Waals surface area contributed by atoms with Crippen molar-refractivity contribution in [3.63, 3.8) is 0 Å². The normalized spacial score (nSPS) is 15.0. The summed E-state index contributed by atoms with van der Waals surface area (Å²) >= 11 is 0. The molecule has 0 aliphatic rings. The van der Waals surface area contributed by atoms with Crippen molar-refractivity contribution >= 4 is 0 Å². The second-order valence-electron chi connectivity index (χ2n) is 3.80. The molecule has 0 aliphatic carbocycles. The van der Waals surface area contributed by atoms with Crippen molar-refractivity contribution in [2.75, 3.05) is 6.61 Å². The van der Waals surface area contributed by atoms with Crippen LogP contribution in [0.15, 0.2) is 0 Å². The van der Waals surface area contributed by atoms with Crippen molar-refractivity contribution in [2.45, 2.75) is 45.4 Å². The monoisotopic (exact) mass is 234 g/mol. The molecule has 92 valence electrons. The first-order chi connectivity index (χ1) is 6.70. The lowest BCUT2D eigenvalue weighted by Crippen LogP contribution is -2.26. The maximum Gasteiger partial charge on any atom is 0.391 e. The predicted molar refractivity (Wildman–Crippen MR) is 45.9 cm³/mol. The van der Waals surface area contributed by atoms with E-state index >= 15 is 0 Å². The van der Waals surface area contributed by atoms with E-state index in [1.54, 1.807) is 13.8 Å². The average Bonchev–Trinajstić information content (AvgIpc) is 1.95. The minimum absolute atomic E-state index is 0.0185. The Bertz CT molecular complexity index is 166. The van der Waals surface area contributed by atoms with Crippen LogP contribution >= 0.6 is 0 Å². The van der Waals surface area contributed by atoms with E-state index in [0.29, 0.717) is 0 Å². The second-order valence-corrected chi connectivity index (χ2v) is 3.80. The lowest BCUT2D eigenvalue weighted by Gasteiger charge is -2.20. The van der Waals surface area contributed by atoms with Crippen molar-refractivity contribution in [3.8, 4) is 0 Å². The smallest absolute Gasteiger partial charge is 0.372 e. The van der Waals surface area contributed by atoms with Crippen molar-refractivity contribution in [2.24, 2.45) is 5.92 Å². The quantitative estimate of drug-likeness (QED) is 0.637. The standard InChI is InChI=1S/C9H15F5O/c1-6(2)3-7(4-9(12,13)14)15-5-8(10)11/h6-8H,3-5H2,1-2H3/t7-/m0/s1. The fraction of sp³-hybridized carbons (Fsp3) is 1.00. The Labute approximate surface area is 85.6 Å². The zero-order valence-corrected chi connectivity index (χ0v) is 8.65. The summed E-state index contributed by atoms with van der Waals surface area (Å²) in [4.78, 5) is 0. The molecule has 0 saturated carbocycles. The van der Waals surface area contributed by atoms with E-state index in [4.69, 9.17) is 0 Å². The number of hydrogen-bond acceptors (Lipinski definition) is 1. The third-order valence-corrected chi connectivity index (χ3v) is 1.65. The summed E-state index contributed by atoms with van der Waals surface area (Å²) in [5.41, 5.74) is 0. The molecule has 0 aliphatic heterocycles. The Hall–Kier alpha value is -0.390. The number of alkyl halides is 5. The molecule has 0 radical (unpaired) electrons. The van der Waals surface area contributed by atoms with Gasteiger partial charge in [-0.25, -0.2) is 8.78 Å². The number of rotatable bonds is 6. The highest BCUT2D eigenvalue weighted by Crippen LogP contribution is 2.26. The first-order valence-electron chi connectivity index (χ1n) is 4.67. The van der Waals surface area contributed by atoms with Crippen molar-refractivity contribution in [1.29, 1.82) is 0 Å². The lowest BCUT2D eigenvalue weighted by molar-refractivity contribution is -0.167. The minimum atomic E-state index is -4.37. The van der Waals surface area contributed by atoms with Gasteiger partial charge in [-0.2, -0.15) is 13.2 Å². The van der Waals surface area contributed by atoms with Gasteiger partial charge in [0.15, 0.2) is 0 Å². The molecule has 0 rings (SSSR count). The van der Waals surface area contributed by atoms with Crippen LogP contribution in [-0.4, -0.2) is 25.3 Å². The van der Waals surface area contributed by atoms with Gasteiger partial charge < -0.3 is 4.74 Å². The molecule has 0 saturated heterocycles. The van der Waals surface area contributed by atoms with Crippen LogP contribution in [0.5, 0.6) is 0 Å². The van der Waals surface area contributed by atoms with E-state index in [1.807, 2.05) is 0 Å². The molecule has 0 aromatic heterocycles. The van der Waals surface area contributed by atoms with Gasteiger partial charge in [0.2, 0.25) is 0 Å². The molecule has 0 fully saturated rings. The molecule has 0 spiro atoms. The van der Waals surface area contributed by atoms with E-state index in [1.165, 1.54) is 0 Å². The fourth-order valence-electron chi connectivity index (χ4n) is 1.20. The topological polar surface area (TPSA) is 9.23 Å². The summed E-state index contributed by atoms with van der Waals surface area (Å²) in [6.07, 6.45) is -9.31. The van der Waals surface area contributed by atoms with Crippen molar-refractivity contribution in [3.05, 3.63) is 0 Å². The van der Waals surface area contributed by atoms with E-state index < -0.39 is 31.7 Å². The van der Waals surface area contributed by atoms with E-state index in [0.717, 1.165) is 0 Å². The Balaban J connectivity index is 4.07. The molecule has 6 heteroatoms. The fourth-order valence-corrected chi connectivity index (χ4v) is 1.20. The minimum Gasteiger partial charge on any atom is -0.372 e. The first-order valence-corrected chi connectivity index (χ1v) is 4.67. The van der Waals surface area contributed by atoms with Gasteiger partial charge in [0.25, 0.3) is 6.43 Å². The van der Waals surface area contributed by atoms with E-state index in [-0.39, 0.29) is 12.3 Å².